The van der Waals surface area contributed by atoms with Crippen LogP contribution in [-0.2, 0) is 4.74 Å². The smallest absolute Gasteiger partial charge is 0.167 e. The number of aliphatic hydroxyl groups is 3. The lowest BCUT2D eigenvalue weighted by atomic mass is 10.1. The van der Waals surface area contributed by atoms with E-state index in [1.807, 2.05) is 24.3 Å². The molecule has 9 nitrogen and oxygen atoms in total. The molecule has 2 unspecified atom stereocenters. The molecule has 0 saturated carbocycles. The van der Waals surface area contributed by atoms with E-state index < -0.39 is 31.1 Å². The predicted octanol–water partition coefficient (Wildman–Crippen LogP) is 1.62. The van der Waals surface area contributed by atoms with Gasteiger partial charge in [-0.05, 0) is 22.3 Å². The highest BCUT2D eigenvalue weighted by molar-refractivity contribution is 5.85. The molecule has 1 aliphatic carbocycles. The maximum Gasteiger partial charge on any atom is 0.167 e. The van der Waals surface area contributed by atoms with Crippen molar-refractivity contribution in [1.29, 1.82) is 0 Å². The summed E-state index contributed by atoms with van der Waals surface area (Å²) < 4.78 is 7.20. The van der Waals surface area contributed by atoms with Crippen LogP contribution in [0.25, 0.3) is 22.3 Å². The zero-order chi connectivity index (χ0) is 21.8. The standard InChI is InChI=1S/C23H21N5O4/c29-9-16-19(30)20(31)23(32-16)28-11-26-18-21(24-10-25-22(18)28)27-17-14-7-3-1-5-12(14)13-6-2-4-8-15(13)17/h1-8,10-11,16-17,19-20,23,29-31H,9H2,(H,24,25,27)/t16-,19?,20?,23-/m1/s1. The quantitative estimate of drug-likeness (QED) is 0.384. The van der Waals surface area contributed by atoms with Crippen LogP contribution in [-0.4, -0.2) is 59.8 Å². The molecule has 32 heavy (non-hydrogen) atoms. The van der Waals surface area contributed by atoms with Gasteiger partial charge >= 0.3 is 0 Å². The third-order valence-electron chi connectivity index (χ3n) is 6.26. The first-order valence-corrected chi connectivity index (χ1v) is 10.4. The molecule has 0 radical (unpaired) electrons. The van der Waals surface area contributed by atoms with Crippen molar-refractivity contribution in [2.45, 2.75) is 30.6 Å². The highest BCUT2D eigenvalue weighted by Crippen LogP contribution is 2.45. The Morgan fingerprint density at radius 1 is 0.906 bits per heavy atom. The zero-order valence-electron chi connectivity index (χ0n) is 16.9. The Kier molecular flexibility index (Phi) is 4.44. The van der Waals surface area contributed by atoms with Gasteiger partial charge in [0.15, 0.2) is 23.2 Å². The summed E-state index contributed by atoms with van der Waals surface area (Å²) in [7, 11) is 0. The number of fused-ring (bicyclic) bond motifs is 4. The van der Waals surface area contributed by atoms with Crippen LogP contribution < -0.4 is 5.32 Å². The van der Waals surface area contributed by atoms with Gasteiger partial charge in [0.2, 0.25) is 0 Å². The van der Waals surface area contributed by atoms with Crippen molar-refractivity contribution in [2.24, 2.45) is 0 Å². The van der Waals surface area contributed by atoms with Crippen LogP contribution in [0.1, 0.15) is 23.4 Å². The van der Waals surface area contributed by atoms with Crippen LogP contribution >= 0.6 is 0 Å². The molecule has 162 valence electrons. The van der Waals surface area contributed by atoms with Crippen LogP contribution in [0.3, 0.4) is 0 Å². The molecule has 0 bridgehead atoms. The van der Waals surface area contributed by atoms with Crippen LogP contribution in [0.15, 0.2) is 61.2 Å². The Labute approximate surface area is 183 Å². The molecule has 6 rings (SSSR count). The molecule has 0 amide bonds. The zero-order valence-corrected chi connectivity index (χ0v) is 16.9. The lowest BCUT2D eigenvalue weighted by molar-refractivity contribution is -0.0511. The lowest BCUT2D eigenvalue weighted by Gasteiger charge is -2.18. The van der Waals surface area contributed by atoms with Gasteiger partial charge in [0.25, 0.3) is 0 Å². The number of rotatable bonds is 4. The number of ether oxygens (including phenoxy) is 1. The fraction of sp³-hybridized carbons (Fsp3) is 0.261. The second-order valence-corrected chi connectivity index (χ2v) is 8.03. The van der Waals surface area contributed by atoms with Crippen molar-refractivity contribution in [3.63, 3.8) is 0 Å². The van der Waals surface area contributed by atoms with E-state index in [9.17, 15) is 15.3 Å². The van der Waals surface area contributed by atoms with Crippen LogP contribution in [0.5, 0.6) is 0 Å². The van der Waals surface area contributed by atoms with E-state index in [4.69, 9.17) is 4.74 Å². The summed E-state index contributed by atoms with van der Waals surface area (Å²) in [5.41, 5.74) is 5.65. The van der Waals surface area contributed by atoms with Crippen molar-refractivity contribution in [3.8, 4) is 11.1 Å². The fourth-order valence-corrected chi connectivity index (χ4v) is 4.70. The molecular weight excluding hydrogens is 410 g/mol. The molecule has 9 heteroatoms. The molecule has 0 spiro atoms. The number of hydrogen-bond acceptors (Lipinski definition) is 8. The Hall–Kier alpha value is -3.37. The fourth-order valence-electron chi connectivity index (χ4n) is 4.70. The van der Waals surface area contributed by atoms with E-state index in [0.29, 0.717) is 17.0 Å². The number of benzene rings is 2. The summed E-state index contributed by atoms with van der Waals surface area (Å²) in [4.78, 5) is 13.2. The minimum Gasteiger partial charge on any atom is -0.394 e. The van der Waals surface area contributed by atoms with Gasteiger partial charge in [0.1, 0.15) is 24.6 Å². The van der Waals surface area contributed by atoms with E-state index in [1.54, 1.807) is 4.57 Å². The Bertz CT molecular complexity index is 1260. The van der Waals surface area contributed by atoms with E-state index in [2.05, 4.69) is 44.5 Å². The number of imidazole rings is 1. The number of nitrogens with one attached hydrogen (secondary N) is 1. The van der Waals surface area contributed by atoms with Crippen molar-refractivity contribution in [2.75, 3.05) is 11.9 Å². The molecule has 1 fully saturated rings. The minimum atomic E-state index is -1.22. The van der Waals surface area contributed by atoms with Crippen LogP contribution in [0.4, 0.5) is 5.82 Å². The highest BCUT2D eigenvalue weighted by atomic mass is 16.6. The van der Waals surface area contributed by atoms with Crippen molar-refractivity contribution >= 4 is 17.0 Å². The van der Waals surface area contributed by atoms with E-state index >= 15 is 0 Å². The largest absolute Gasteiger partial charge is 0.394 e. The number of aromatic nitrogens is 4. The summed E-state index contributed by atoms with van der Waals surface area (Å²) in [6.07, 6.45) is -1.28. The predicted molar refractivity (Wildman–Crippen MR) is 116 cm³/mol. The summed E-state index contributed by atoms with van der Waals surface area (Å²) in [5, 5.41) is 33.4. The summed E-state index contributed by atoms with van der Waals surface area (Å²) in [6, 6.07) is 16.4. The van der Waals surface area contributed by atoms with Gasteiger partial charge in [0.05, 0.1) is 19.0 Å². The average Bonchev–Trinajstić information content (AvgIpc) is 3.48. The van der Waals surface area contributed by atoms with Crippen molar-refractivity contribution < 1.29 is 20.1 Å². The van der Waals surface area contributed by atoms with Gasteiger partial charge < -0.3 is 25.4 Å². The third kappa shape index (κ3) is 2.76. The van der Waals surface area contributed by atoms with Crippen molar-refractivity contribution in [3.05, 3.63) is 72.3 Å². The molecule has 1 aliphatic heterocycles. The van der Waals surface area contributed by atoms with Gasteiger partial charge in [-0.2, -0.15) is 0 Å². The first kappa shape index (κ1) is 19.3. The SMILES string of the molecule is OC[C@H]1O[C@@H](n2cnc3c(NC4c5ccccc5-c5ccccc54)ncnc32)C(O)C1O. The molecule has 3 heterocycles. The maximum absolute atomic E-state index is 10.4. The van der Waals surface area contributed by atoms with Gasteiger partial charge in [-0.25, -0.2) is 15.0 Å². The van der Waals surface area contributed by atoms with Gasteiger partial charge in [-0.15, -0.1) is 0 Å². The van der Waals surface area contributed by atoms with Gasteiger partial charge in [0, 0.05) is 0 Å². The lowest BCUT2D eigenvalue weighted by Crippen LogP contribution is -2.33. The molecule has 2 aromatic carbocycles. The van der Waals surface area contributed by atoms with Gasteiger partial charge in [-0.1, -0.05) is 48.5 Å². The first-order chi connectivity index (χ1) is 15.7. The van der Waals surface area contributed by atoms with E-state index in [1.165, 1.54) is 23.8 Å². The van der Waals surface area contributed by atoms with E-state index in [-0.39, 0.29) is 6.04 Å². The number of hydrogen-bond donors (Lipinski definition) is 4. The Morgan fingerprint density at radius 3 is 2.25 bits per heavy atom. The number of aliphatic hydroxyl groups excluding tert-OH is 3. The Balaban J connectivity index is 1.39. The average molecular weight is 431 g/mol. The highest BCUT2D eigenvalue weighted by Gasteiger charge is 2.44. The summed E-state index contributed by atoms with van der Waals surface area (Å²) >= 11 is 0. The molecule has 4 N–H and O–H groups in total. The molecule has 1 saturated heterocycles. The second-order valence-electron chi connectivity index (χ2n) is 8.03. The van der Waals surface area contributed by atoms with Crippen LogP contribution in [0, 0.1) is 0 Å². The normalized spacial score (nSPS) is 24.6. The Morgan fingerprint density at radius 2 is 1.59 bits per heavy atom. The monoisotopic (exact) mass is 431 g/mol. The summed E-state index contributed by atoms with van der Waals surface area (Å²) in [6.45, 7) is -0.399. The first-order valence-electron chi connectivity index (χ1n) is 10.4. The second kappa shape index (κ2) is 7.35. The number of nitrogens with zero attached hydrogens (tertiary/aromatic N) is 4. The van der Waals surface area contributed by atoms with Crippen LogP contribution in [0.2, 0.25) is 0 Å². The molecule has 4 aromatic rings. The van der Waals surface area contributed by atoms with Gasteiger partial charge in [-0.3, -0.25) is 4.57 Å². The van der Waals surface area contributed by atoms with E-state index in [0.717, 1.165) is 11.1 Å². The molecular formula is C23H21N5O4. The topological polar surface area (TPSA) is 126 Å². The molecule has 2 aliphatic rings. The minimum absolute atomic E-state index is 0.0976. The third-order valence-corrected chi connectivity index (χ3v) is 6.26. The maximum atomic E-state index is 10.4. The number of anilines is 1. The summed E-state index contributed by atoms with van der Waals surface area (Å²) in [5.74, 6) is 0.553. The molecule has 2 aromatic heterocycles. The van der Waals surface area contributed by atoms with Crippen molar-refractivity contribution in [1.82, 2.24) is 19.5 Å². The molecule has 4 atom stereocenters.